The zero-order chi connectivity index (χ0) is 23.3. The van der Waals surface area contributed by atoms with Crippen molar-refractivity contribution in [3.63, 3.8) is 0 Å². The number of carbonyl (C=O) groups excluding carboxylic acids is 2. The second-order valence-corrected chi connectivity index (χ2v) is 7.85. The lowest BCUT2D eigenvalue weighted by Crippen LogP contribution is -2.38. The van der Waals surface area contributed by atoms with Crippen LogP contribution in [-0.4, -0.2) is 59.4 Å². The van der Waals surface area contributed by atoms with Crippen LogP contribution >= 0.6 is 0 Å². The minimum atomic E-state index is -0.698. The summed E-state index contributed by atoms with van der Waals surface area (Å²) in [6, 6.07) is 9.89. The predicted molar refractivity (Wildman–Crippen MR) is 122 cm³/mol. The van der Waals surface area contributed by atoms with Gasteiger partial charge in [-0.3, -0.25) is 9.59 Å². The van der Waals surface area contributed by atoms with Crippen molar-refractivity contribution in [2.45, 2.75) is 40.2 Å². The van der Waals surface area contributed by atoms with Crippen LogP contribution in [0.25, 0.3) is 0 Å². The van der Waals surface area contributed by atoms with Gasteiger partial charge in [-0.25, -0.2) is 0 Å². The second-order valence-electron chi connectivity index (χ2n) is 7.85. The standard InChI is InChI=1S/C25H32N2O5/c1-5-16-31-19-11-9-18(10-12-19)22-21(23(28)20-13-8-17(4)32-20)24(29)25(30)27(22)15-14-26(6-2)7-3/h8-13,22,29H,5-7,14-16H2,1-4H3/t22-/m1/s1. The summed E-state index contributed by atoms with van der Waals surface area (Å²) in [5.41, 5.74) is 0.781. The molecular weight excluding hydrogens is 408 g/mol. The summed E-state index contributed by atoms with van der Waals surface area (Å²) in [5.74, 6) is -0.122. The molecule has 0 fully saturated rings. The minimum absolute atomic E-state index is 0.0473. The molecule has 2 aromatic rings. The Kier molecular flexibility index (Phi) is 7.75. The normalized spacial score (nSPS) is 16.3. The molecule has 0 bridgehead atoms. The average molecular weight is 441 g/mol. The van der Waals surface area contributed by atoms with E-state index in [2.05, 4.69) is 18.7 Å². The fraction of sp³-hybridized carbons (Fsp3) is 0.440. The molecule has 1 aromatic heterocycles. The molecule has 2 heterocycles. The number of amides is 1. The van der Waals surface area contributed by atoms with Crippen LogP contribution in [0, 0.1) is 6.92 Å². The van der Waals surface area contributed by atoms with E-state index in [1.807, 2.05) is 31.2 Å². The van der Waals surface area contributed by atoms with Gasteiger partial charge in [0.2, 0.25) is 5.78 Å². The zero-order valence-corrected chi connectivity index (χ0v) is 19.3. The largest absolute Gasteiger partial charge is 0.503 e. The quantitative estimate of drug-likeness (QED) is 0.525. The number of likely N-dealkylation sites (N-methyl/N-ethyl adjacent to an activating group) is 1. The number of hydrogen-bond acceptors (Lipinski definition) is 6. The van der Waals surface area contributed by atoms with Crippen molar-refractivity contribution in [3.05, 3.63) is 64.8 Å². The van der Waals surface area contributed by atoms with Gasteiger partial charge in [0.1, 0.15) is 11.5 Å². The number of aliphatic hydroxyl groups is 1. The fourth-order valence-electron chi connectivity index (χ4n) is 3.91. The summed E-state index contributed by atoms with van der Waals surface area (Å²) in [5, 5.41) is 10.7. The molecule has 7 nitrogen and oxygen atoms in total. The Hall–Kier alpha value is -3.06. The maximum Gasteiger partial charge on any atom is 0.290 e. The van der Waals surface area contributed by atoms with Gasteiger partial charge in [-0.05, 0) is 56.3 Å². The number of furan rings is 1. The molecule has 0 saturated heterocycles. The first-order valence-electron chi connectivity index (χ1n) is 11.2. The molecule has 1 amide bonds. The highest BCUT2D eigenvalue weighted by atomic mass is 16.5. The first-order chi connectivity index (χ1) is 15.4. The van der Waals surface area contributed by atoms with Crippen LogP contribution in [0.2, 0.25) is 0 Å². The number of hydrogen-bond donors (Lipinski definition) is 1. The molecule has 0 radical (unpaired) electrons. The van der Waals surface area contributed by atoms with Crippen molar-refractivity contribution in [1.29, 1.82) is 0 Å². The maximum atomic E-state index is 13.3. The Labute approximate surface area is 189 Å². The Balaban J connectivity index is 1.97. The smallest absolute Gasteiger partial charge is 0.290 e. The Morgan fingerprint density at radius 1 is 1.12 bits per heavy atom. The van der Waals surface area contributed by atoms with Crippen LogP contribution in [0.5, 0.6) is 5.75 Å². The molecule has 32 heavy (non-hydrogen) atoms. The van der Waals surface area contributed by atoms with Gasteiger partial charge < -0.3 is 24.1 Å². The molecule has 1 aromatic carbocycles. The number of carbonyl (C=O) groups is 2. The topological polar surface area (TPSA) is 83.2 Å². The van der Waals surface area contributed by atoms with Crippen molar-refractivity contribution in [3.8, 4) is 5.75 Å². The molecule has 7 heteroatoms. The lowest BCUT2D eigenvalue weighted by molar-refractivity contribution is -0.129. The van der Waals surface area contributed by atoms with Gasteiger partial charge in [-0.1, -0.05) is 32.9 Å². The SMILES string of the molecule is CCCOc1ccc([C@@H]2C(C(=O)c3ccc(C)o3)=C(O)C(=O)N2CCN(CC)CC)cc1. The van der Waals surface area contributed by atoms with E-state index in [-0.39, 0.29) is 11.3 Å². The molecule has 0 unspecified atom stereocenters. The average Bonchev–Trinajstić information content (AvgIpc) is 3.34. The third kappa shape index (κ3) is 4.88. The third-order valence-electron chi connectivity index (χ3n) is 5.73. The van der Waals surface area contributed by atoms with Gasteiger partial charge >= 0.3 is 0 Å². The van der Waals surface area contributed by atoms with Crippen LogP contribution < -0.4 is 4.74 Å². The van der Waals surface area contributed by atoms with E-state index in [0.29, 0.717) is 25.5 Å². The number of aliphatic hydroxyl groups excluding tert-OH is 1. The molecule has 172 valence electrons. The lowest BCUT2D eigenvalue weighted by atomic mass is 9.95. The molecule has 1 aliphatic rings. The highest BCUT2D eigenvalue weighted by Crippen LogP contribution is 2.39. The van der Waals surface area contributed by atoms with E-state index in [0.717, 1.165) is 30.8 Å². The second kappa shape index (κ2) is 10.5. The van der Waals surface area contributed by atoms with Crippen LogP contribution in [0.15, 0.2) is 52.1 Å². The molecule has 1 N–H and O–H groups in total. The number of rotatable bonds is 11. The predicted octanol–water partition coefficient (Wildman–Crippen LogP) is 4.30. The van der Waals surface area contributed by atoms with Crippen molar-refractivity contribution in [2.75, 3.05) is 32.8 Å². The van der Waals surface area contributed by atoms with Crippen molar-refractivity contribution < 1.29 is 23.8 Å². The molecule has 1 aliphatic heterocycles. The first kappa shape index (κ1) is 23.6. The summed E-state index contributed by atoms with van der Waals surface area (Å²) in [6.07, 6.45) is 0.899. The Bertz CT molecular complexity index is 972. The molecule has 0 spiro atoms. The van der Waals surface area contributed by atoms with E-state index >= 15 is 0 Å². The third-order valence-corrected chi connectivity index (χ3v) is 5.73. The number of benzene rings is 1. The van der Waals surface area contributed by atoms with Crippen LogP contribution in [0.3, 0.4) is 0 Å². The van der Waals surface area contributed by atoms with E-state index in [1.54, 1.807) is 24.0 Å². The van der Waals surface area contributed by atoms with Crippen LogP contribution in [-0.2, 0) is 4.79 Å². The number of ether oxygens (including phenoxy) is 1. The molecule has 0 aliphatic carbocycles. The molecule has 1 atom stereocenters. The highest BCUT2D eigenvalue weighted by molar-refractivity contribution is 6.15. The van der Waals surface area contributed by atoms with Crippen molar-refractivity contribution >= 4 is 11.7 Å². The highest BCUT2D eigenvalue weighted by Gasteiger charge is 2.44. The molecule has 0 saturated carbocycles. The van der Waals surface area contributed by atoms with Crippen molar-refractivity contribution in [1.82, 2.24) is 9.80 Å². The number of aryl methyl sites for hydroxylation is 1. The van der Waals surface area contributed by atoms with Gasteiger partial charge in [0.05, 0.1) is 18.2 Å². The Morgan fingerprint density at radius 3 is 2.38 bits per heavy atom. The van der Waals surface area contributed by atoms with E-state index < -0.39 is 23.5 Å². The minimum Gasteiger partial charge on any atom is -0.503 e. The first-order valence-corrected chi connectivity index (χ1v) is 11.2. The van der Waals surface area contributed by atoms with Crippen molar-refractivity contribution in [2.24, 2.45) is 0 Å². The fourth-order valence-corrected chi connectivity index (χ4v) is 3.91. The van der Waals surface area contributed by atoms with Gasteiger partial charge in [-0.15, -0.1) is 0 Å². The van der Waals surface area contributed by atoms with E-state index in [9.17, 15) is 14.7 Å². The maximum absolute atomic E-state index is 13.3. The summed E-state index contributed by atoms with van der Waals surface area (Å²) in [7, 11) is 0. The summed E-state index contributed by atoms with van der Waals surface area (Å²) in [6.45, 7) is 11.2. The molecular formula is C25H32N2O5. The monoisotopic (exact) mass is 440 g/mol. The summed E-state index contributed by atoms with van der Waals surface area (Å²) in [4.78, 5) is 30.1. The van der Waals surface area contributed by atoms with E-state index in [4.69, 9.17) is 9.15 Å². The van der Waals surface area contributed by atoms with Gasteiger partial charge in [-0.2, -0.15) is 0 Å². The summed E-state index contributed by atoms with van der Waals surface area (Å²) < 4.78 is 11.2. The number of nitrogens with zero attached hydrogens (tertiary/aromatic N) is 2. The van der Waals surface area contributed by atoms with Gasteiger partial charge in [0.15, 0.2) is 11.5 Å². The van der Waals surface area contributed by atoms with Crippen LogP contribution in [0.1, 0.15) is 55.1 Å². The number of ketones is 1. The van der Waals surface area contributed by atoms with Gasteiger partial charge in [0.25, 0.3) is 5.91 Å². The van der Waals surface area contributed by atoms with Crippen LogP contribution in [0.4, 0.5) is 0 Å². The Morgan fingerprint density at radius 2 is 1.81 bits per heavy atom. The zero-order valence-electron chi connectivity index (χ0n) is 19.3. The van der Waals surface area contributed by atoms with E-state index in [1.165, 1.54) is 0 Å². The summed E-state index contributed by atoms with van der Waals surface area (Å²) >= 11 is 0. The lowest BCUT2D eigenvalue weighted by Gasteiger charge is -2.29. The molecule has 3 rings (SSSR count). The number of Topliss-reactive ketones (excluding diaryl/α,β-unsaturated/α-hetero) is 1. The van der Waals surface area contributed by atoms with Gasteiger partial charge in [0, 0.05) is 13.1 Å².